The molecule has 1 fully saturated rings. The first kappa shape index (κ1) is 13.2. The first-order chi connectivity index (χ1) is 8.49. The lowest BCUT2D eigenvalue weighted by atomic mass is 10.1. The van der Waals surface area contributed by atoms with Crippen molar-refractivity contribution in [3.05, 3.63) is 14.5 Å². The van der Waals surface area contributed by atoms with Gasteiger partial charge in [0.25, 0.3) is 0 Å². The van der Waals surface area contributed by atoms with Crippen molar-refractivity contribution in [3.8, 4) is 0 Å². The topological polar surface area (TPSA) is 65.2 Å². The van der Waals surface area contributed by atoms with Gasteiger partial charge in [0.2, 0.25) is 11.8 Å². The summed E-state index contributed by atoms with van der Waals surface area (Å²) in [4.78, 5) is 29.3. The Morgan fingerprint density at radius 2 is 2.33 bits per heavy atom. The van der Waals surface area contributed by atoms with Gasteiger partial charge in [-0.2, -0.15) is 0 Å². The van der Waals surface area contributed by atoms with E-state index in [1.807, 2.05) is 6.92 Å². The first-order valence-electron chi connectivity index (χ1n) is 5.75. The Labute approximate surface area is 114 Å². The molecule has 0 saturated carbocycles. The van der Waals surface area contributed by atoms with Crippen molar-refractivity contribution in [2.24, 2.45) is 0 Å². The van der Waals surface area contributed by atoms with Crippen molar-refractivity contribution in [2.75, 3.05) is 13.1 Å². The second kappa shape index (κ2) is 5.19. The summed E-state index contributed by atoms with van der Waals surface area (Å²) in [5.41, 5.74) is 0.937. The number of rotatable bonds is 2. The maximum Gasteiger partial charge on any atom is 0.242 e. The number of amides is 2. The molecule has 1 saturated heterocycles. The van der Waals surface area contributed by atoms with Crippen molar-refractivity contribution < 1.29 is 9.59 Å². The Morgan fingerprint density at radius 3 is 2.94 bits per heavy atom. The van der Waals surface area contributed by atoms with E-state index in [4.69, 9.17) is 12.2 Å². The van der Waals surface area contributed by atoms with Crippen molar-refractivity contribution in [2.45, 2.75) is 26.3 Å². The van der Waals surface area contributed by atoms with Gasteiger partial charge in [0.15, 0.2) is 3.95 Å². The number of thiazole rings is 1. The molecule has 1 unspecified atom stereocenters. The fraction of sp³-hybridized carbons (Fsp3) is 0.545. The van der Waals surface area contributed by atoms with E-state index in [9.17, 15) is 9.59 Å². The molecule has 2 rings (SSSR count). The van der Waals surface area contributed by atoms with Gasteiger partial charge < -0.3 is 15.2 Å². The second-order valence-electron chi connectivity index (χ2n) is 4.29. The Hall–Kier alpha value is -1.21. The van der Waals surface area contributed by atoms with Crippen LogP contribution in [0.1, 0.15) is 17.5 Å². The van der Waals surface area contributed by atoms with Gasteiger partial charge in [-0.1, -0.05) is 0 Å². The highest BCUT2D eigenvalue weighted by molar-refractivity contribution is 7.73. The van der Waals surface area contributed by atoms with Gasteiger partial charge in [-0.25, -0.2) is 0 Å². The lowest BCUT2D eigenvalue weighted by molar-refractivity contribution is -0.141. The number of nitrogens with zero attached hydrogens (tertiary/aromatic N) is 1. The molecular formula is C11H15N3O2S2. The third kappa shape index (κ3) is 2.62. The van der Waals surface area contributed by atoms with E-state index >= 15 is 0 Å². The number of aromatic amines is 1. The molecule has 1 aliphatic rings. The lowest BCUT2D eigenvalue weighted by Crippen LogP contribution is -2.56. The zero-order valence-corrected chi connectivity index (χ0v) is 11.9. The third-order valence-corrected chi connectivity index (χ3v) is 4.39. The summed E-state index contributed by atoms with van der Waals surface area (Å²) in [5.74, 6) is -0.112. The van der Waals surface area contributed by atoms with Gasteiger partial charge in [-0.05, 0) is 26.1 Å². The van der Waals surface area contributed by atoms with Gasteiger partial charge in [-0.15, -0.1) is 11.3 Å². The molecule has 0 bridgehead atoms. The van der Waals surface area contributed by atoms with E-state index in [2.05, 4.69) is 10.3 Å². The Kier molecular flexibility index (Phi) is 3.82. The standard InChI is InChI=1S/C11H15N3O2S2/c1-6-8(18-11(17)13-6)5-9(15)14-4-3-12-10(16)7(14)2/h7H,3-5H2,1-2H3,(H,12,16)(H,13,17). The molecule has 2 amide bonds. The predicted molar refractivity (Wildman–Crippen MR) is 72.1 cm³/mol. The SMILES string of the molecule is Cc1[nH]c(=S)sc1CC(=O)N1CCNC(=O)C1C. The first-order valence-corrected chi connectivity index (χ1v) is 6.97. The maximum absolute atomic E-state index is 12.2. The molecule has 1 atom stereocenters. The van der Waals surface area contributed by atoms with Crippen molar-refractivity contribution in [3.63, 3.8) is 0 Å². The number of aryl methyl sites for hydroxylation is 1. The van der Waals surface area contributed by atoms with E-state index in [0.29, 0.717) is 23.5 Å². The Bertz CT molecular complexity index is 535. The van der Waals surface area contributed by atoms with Crippen LogP contribution in [0.2, 0.25) is 0 Å². The molecule has 18 heavy (non-hydrogen) atoms. The van der Waals surface area contributed by atoms with Crippen LogP contribution in [0, 0.1) is 10.9 Å². The molecule has 7 heteroatoms. The smallest absolute Gasteiger partial charge is 0.242 e. The number of H-pyrrole nitrogens is 1. The number of hydrogen-bond acceptors (Lipinski definition) is 4. The van der Waals surface area contributed by atoms with Gasteiger partial charge >= 0.3 is 0 Å². The minimum Gasteiger partial charge on any atom is -0.353 e. The van der Waals surface area contributed by atoms with Crippen LogP contribution in [0.3, 0.4) is 0 Å². The van der Waals surface area contributed by atoms with E-state index in [0.717, 1.165) is 10.6 Å². The van der Waals surface area contributed by atoms with Crippen molar-refractivity contribution in [1.29, 1.82) is 0 Å². The number of carbonyl (C=O) groups excluding carboxylic acids is 2. The zero-order valence-electron chi connectivity index (χ0n) is 10.3. The number of nitrogens with one attached hydrogen (secondary N) is 2. The van der Waals surface area contributed by atoms with Gasteiger partial charge in [0.1, 0.15) is 6.04 Å². The van der Waals surface area contributed by atoms with E-state index < -0.39 is 6.04 Å². The summed E-state index contributed by atoms with van der Waals surface area (Å²) >= 11 is 6.47. The van der Waals surface area contributed by atoms with E-state index in [1.54, 1.807) is 11.8 Å². The molecule has 5 nitrogen and oxygen atoms in total. The number of piperazine rings is 1. The lowest BCUT2D eigenvalue weighted by Gasteiger charge is -2.32. The van der Waals surface area contributed by atoms with Crippen LogP contribution in [0.25, 0.3) is 0 Å². The number of hydrogen-bond donors (Lipinski definition) is 2. The molecule has 2 N–H and O–H groups in total. The molecule has 0 aromatic carbocycles. The molecule has 1 aliphatic heterocycles. The summed E-state index contributed by atoms with van der Waals surface area (Å²) in [6.07, 6.45) is 0.307. The molecule has 0 aliphatic carbocycles. The average molecular weight is 285 g/mol. The summed E-state index contributed by atoms with van der Waals surface area (Å²) in [7, 11) is 0. The number of carbonyl (C=O) groups is 2. The summed E-state index contributed by atoms with van der Waals surface area (Å²) in [5, 5.41) is 2.74. The van der Waals surface area contributed by atoms with Crippen LogP contribution in [-0.2, 0) is 16.0 Å². The Balaban J connectivity index is 2.10. The normalized spacial score (nSPS) is 19.8. The summed E-state index contributed by atoms with van der Waals surface area (Å²) < 4.78 is 0.680. The second-order valence-corrected chi connectivity index (χ2v) is 6.07. The van der Waals surface area contributed by atoms with Crippen LogP contribution in [0.4, 0.5) is 0 Å². The van der Waals surface area contributed by atoms with Gasteiger partial charge in [0.05, 0.1) is 6.42 Å². The van der Waals surface area contributed by atoms with Crippen LogP contribution in [-0.4, -0.2) is 40.8 Å². The van der Waals surface area contributed by atoms with Crippen LogP contribution in [0.15, 0.2) is 0 Å². The van der Waals surface area contributed by atoms with Crippen LogP contribution < -0.4 is 5.32 Å². The van der Waals surface area contributed by atoms with Crippen molar-refractivity contribution in [1.82, 2.24) is 15.2 Å². The van der Waals surface area contributed by atoms with E-state index in [-0.39, 0.29) is 11.8 Å². The molecule has 0 spiro atoms. The molecule has 1 aromatic rings. The fourth-order valence-corrected chi connectivity index (χ4v) is 3.25. The highest BCUT2D eigenvalue weighted by Crippen LogP contribution is 2.17. The summed E-state index contributed by atoms with van der Waals surface area (Å²) in [6, 6.07) is -0.390. The molecule has 1 aromatic heterocycles. The fourth-order valence-electron chi connectivity index (χ4n) is 1.97. The molecule has 98 valence electrons. The Morgan fingerprint density at radius 1 is 1.61 bits per heavy atom. The summed E-state index contributed by atoms with van der Waals surface area (Å²) in [6.45, 7) is 4.75. The highest BCUT2D eigenvalue weighted by Gasteiger charge is 2.29. The van der Waals surface area contributed by atoms with Crippen molar-refractivity contribution >= 4 is 35.4 Å². The van der Waals surface area contributed by atoms with E-state index in [1.165, 1.54) is 11.3 Å². The molecule has 0 radical (unpaired) electrons. The quantitative estimate of drug-likeness (QED) is 0.797. The van der Waals surface area contributed by atoms with Gasteiger partial charge in [0, 0.05) is 23.7 Å². The van der Waals surface area contributed by atoms with Crippen LogP contribution in [0.5, 0.6) is 0 Å². The maximum atomic E-state index is 12.2. The van der Waals surface area contributed by atoms with Gasteiger partial charge in [-0.3, -0.25) is 9.59 Å². The average Bonchev–Trinajstić information content (AvgIpc) is 2.61. The third-order valence-electron chi connectivity index (χ3n) is 3.05. The largest absolute Gasteiger partial charge is 0.353 e. The number of aromatic nitrogens is 1. The molecule has 2 heterocycles. The highest BCUT2D eigenvalue weighted by atomic mass is 32.1. The zero-order chi connectivity index (χ0) is 13.3. The minimum absolute atomic E-state index is 0.0225. The monoisotopic (exact) mass is 285 g/mol. The molecular weight excluding hydrogens is 270 g/mol. The minimum atomic E-state index is -0.390. The predicted octanol–water partition coefficient (Wildman–Crippen LogP) is 1.00. The van der Waals surface area contributed by atoms with Crippen LogP contribution >= 0.6 is 23.6 Å².